The SMILES string of the molecule is C=C(I)C[C@H](Cl)CCC(=O)/C=C/[C@H](O)C1O[C@H]2CC[C@H](CC(=O)OC)O[C@@H]2[C@@H]2OC3(CCCCC3)O[C@H]12. The van der Waals surface area contributed by atoms with E-state index in [1.165, 1.54) is 19.3 Å². The van der Waals surface area contributed by atoms with Gasteiger partial charge in [-0.2, -0.15) is 0 Å². The Labute approximate surface area is 237 Å². The average molecular weight is 653 g/mol. The summed E-state index contributed by atoms with van der Waals surface area (Å²) in [4.78, 5) is 24.3. The number of aliphatic hydroxyl groups is 1. The molecular formula is C27H38ClIO8. The van der Waals surface area contributed by atoms with Crippen LogP contribution in [-0.4, -0.2) is 77.9 Å². The number of fused-ring (bicyclic) bond motifs is 3. The molecule has 0 bridgehead atoms. The Hall–Kier alpha value is -0.560. The summed E-state index contributed by atoms with van der Waals surface area (Å²) in [6.07, 6.45) is 6.87. The Morgan fingerprint density at radius 1 is 1.16 bits per heavy atom. The molecule has 10 heteroatoms. The quantitative estimate of drug-likeness (QED) is 0.159. The van der Waals surface area contributed by atoms with Crippen LogP contribution in [0, 0.1) is 0 Å². The maximum absolute atomic E-state index is 12.4. The number of alkyl halides is 1. The highest BCUT2D eigenvalue weighted by atomic mass is 127. The van der Waals surface area contributed by atoms with Crippen LogP contribution < -0.4 is 0 Å². The summed E-state index contributed by atoms with van der Waals surface area (Å²) >= 11 is 8.40. The van der Waals surface area contributed by atoms with E-state index in [0.29, 0.717) is 32.1 Å². The highest BCUT2D eigenvalue weighted by molar-refractivity contribution is 14.1. The van der Waals surface area contributed by atoms with Crippen molar-refractivity contribution in [3.63, 3.8) is 0 Å². The number of hydrogen-bond acceptors (Lipinski definition) is 8. The van der Waals surface area contributed by atoms with Crippen LogP contribution in [0.2, 0.25) is 0 Å². The summed E-state index contributed by atoms with van der Waals surface area (Å²) in [5, 5.41) is 11.0. The third-order valence-electron chi connectivity index (χ3n) is 7.69. The van der Waals surface area contributed by atoms with Gasteiger partial charge < -0.3 is 28.8 Å². The van der Waals surface area contributed by atoms with Crippen LogP contribution in [0.4, 0.5) is 0 Å². The van der Waals surface area contributed by atoms with Gasteiger partial charge in [0.15, 0.2) is 11.6 Å². The van der Waals surface area contributed by atoms with Gasteiger partial charge in [-0.1, -0.05) is 13.0 Å². The first-order chi connectivity index (χ1) is 17.7. The minimum Gasteiger partial charge on any atom is -0.469 e. The average Bonchev–Trinajstić information content (AvgIpc) is 3.24. The first kappa shape index (κ1) is 29.4. The molecule has 0 amide bonds. The summed E-state index contributed by atoms with van der Waals surface area (Å²) < 4.78 is 31.5. The lowest BCUT2D eigenvalue weighted by molar-refractivity contribution is -0.250. The smallest absolute Gasteiger partial charge is 0.308 e. The van der Waals surface area contributed by atoms with Gasteiger partial charge in [0.05, 0.1) is 25.7 Å². The van der Waals surface area contributed by atoms with Crippen molar-refractivity contribution in [1.82, 2.24) is 0 Å². The number of ketones is 1. The molecule has 3 saturated heterocycles. The zero-order valence-electron chi connectivity index (χ0n) is 21.3. The topological polar surface area (TPSA) is 101 Å². The lowest BCUT2D eigenvalue weighted by atomic mass is 9.87. The van der Waals surface area contributed by atoms with Gasteiger partial charge in [-0.15, -0.1) is 11.6 Å². The molecule has 0 aromatic carbocycles. The number of methoxy groups -OCH3 is 1. The standard InChI is InChI=1S/C27H38ClIO8/c1-16(29)14-17(28)6-7-18(30)8-10-20(31)23-25-26(37-27(36-25)12-4-3-5-13-27)24-21(35-23)11-9-19(34-24)15-22(32)33-2/h8,10,17,19-21,23-26,31H,1,3-7,9,11-15H2,2H3/b10-8+/t17-,19-,20+,21+,23?,24+,25-,26+/m1/s1. The molecule has 1 spiro atoms. The Kier molecular flexibility index (Phi) is 10.5. The van der Waals surface area contributed by atoms with Gasteiger partial charge in [0.2, 0.25) is 0 Å². The minimum absolute atomic E-state index is 0.104. The van der Waals surface area contributed by atoms with Crippen molar-refractivity contribution in [2.45, 2.75) is 125 Å². The van der Waals surface area contributed by atoms with Crippen LogP contribution in [0.15, 0.2) is 22.3 Å². The van der Waals surface area contributed by atoms with Crippen LogP contribution >= 0.6 is 34.2 Å². The van der Waals surface area contributed by atoms with Crippen molar-refractivity contribution in [1.29, 1.82) is 0 Å². The summed E-state index contributed by atoms with van der Waals surface area (Å²) in [5.74, 6) is -1.13. The van der Waals surface area contributed by atoms with E-state index in [1.807, 2.05) is 0 Å². The summed E-state index contributed by atoms with van der Waals surface area (Å²) in [7, 11) is 1.37. The molecule has 4 fully saturated rings. The molecule has 37 heavy (non-hydrogen) atoms. The Bertz CT molecular complexity index is 859. The largest absolute Gasteiger partial charge is 0.469 e. The second kappa shape index (κ2) is 13.2. The van der Waals surface area contributed by atoms with Gasteiger partial charge in [0.25, 0.3) is 0 Å². The highest BCUT2D eigenvalue weighted by Crippen LogP contribution is 2.48. The van der Waals surface area contributed by atoms with Gasteiger partial charge in [0.1, 0.15) is 30.5 Å². The molecule has 1 unspecified atom stereocenters. The fraction of sp³-hybridized carbons (Fsp3) is 0.778. The van der Waals surface area contributed by atoms with Crippen LogP contribution in [0.25, 0.3) is 0 Å². The molecule has 8 atom stereocenters. The summed E-state index contributed by atoms with van der Waals surface area (Å²) in [6.45, 7) is 3.85. The number of allylic oxidation sites excluding steroid dienone is 2. The number of aliphatic hydroxyl groups excluding tert-OH is 1. The van der Waals surface area contributed by atoms with Crippen LogP contribution in [-0.2, 0) is 33.3 Å². The molecule has 0 aromatic rings. The van der Waals surface area contributed by atoms with E-state index < -0.39 is 36.3 Å². The van der Waals surface area contributed by atoms with Gasteiger partial charge in [-0.05, 0) is 76.8 Å². The fourth-order valence-corrected chi connectivity index (χ4v) is 6.92. The molecule has 0 radical (unpaired) electrons. The van der Waals surface area contributed by atoms with Gasteiger partial charge >= 0.3 is 5.97 Å². The highest BCUT2D eigenvalue weighted by Gasteiger charge is 2.60. The van der Waals surface area contributed by atoms with Crippen LogP contribution in [0.3, 0.4) is 0 Å². The predicted octanol–water partition coefficient (Wildman–Crippen LogP) is 4.52. The molecule has 208 valence electrons. The Morgan fingerprint density at radius 3 is 2.59 bits per heavy atom. The maximum atomic E-state index is 12.4. The van der Waals surface area contributed by atoms with Crippen molar-refractivity contribution in [3.05, 3.63) is 22.3 Å². The molecule has 1 saturated carbocycles. The first-order valence-electron chi connectivity index (χ1n) is 13.3. The number of ether oxygens (including phenoxy) is 5. The van der Waals surface area contributed by atoms with E-state index >= 15 is 0 Å². The third-order valence-corrected chi connectivity index (χ3v) is 8.51. The third kappa shape index (κ3) is 7.55. The van der Waals surface area contributed by atoms with Crippen molar-refractivity contribution < 1.29 is 38.4 Å². The molecule has 3 aliphatic heterocycles. The number of carbonyl (C=O) groups excluding carboxylic acids is 2. The van der Waals surface area contributed by atoms with Gasteiger partial charge in [-0.3, -0.25) is 9.59 Å². The normalized spacial score (nSPS) is 34.5. The molecule has 0 aromatic heterocycles. The molecule has 4 aliphatic rings. The number of esters is 1. The van der Waals surface area contributed by atoms with Crippen molar-refractivity contribution >= 4 is 45.9 Å². The second-order valence-electron chi connectivity index (χ2n) is 10.5. The summed E-state index contributed by atoms with van der Waals surface area (Å²) in [6, 6.07) is 0. The van der Waals surface area contributed by atoms with Crippen molar-refractivity contribution in [2.24, 2.45) is 0 Å². The lowest BCUT2D eigenvalue weighted by Gasteiger charge is -2.47. The van der Waals surface area contributed by atoms with E-state index in [0.717, 1.165) is 35.7 Å². The van der Waals surface area contributed by atoms with Crippen LogP contribution in [0.5, 0.6) is 0 Å². The second-order valence-corrected chi connectivity index (χ2v) is 12.7. The minimum atomic E-state index is -1.05. The van der Waals surface area contributed by atoms with Gasteiger partial charge in [0, 0.05) is 24.6 Å². The predicted molar refractivity (Wildman–Crippen MR) is 146 cm³/mol. The van der Waals surface area contributed by atoms with E-state index in [9.17, 15) is 14.7 Å². The zero-order valence-corrected chi connectivity index (χ0v) is 24.2. The maximum Gasteiger partial charge on any atom is 0.308 e. The molecule has 3 heterocycles. The molecule has 8 nitrogen and oxygen atoms in total. The van der Waals surface area contributed by atoms with Crippen LogP contribution in [0.1, 0.15) is 70.6 Å². The Morgan fingerprint density at radius 2 is 1.89 bits per heavy atom. The fourth-order valence-electron chi connectivity index (χ4n) is 5.83. The lowest BCUT2D eigenvalue weighted by Crippen LogP contribution is -2.62. The van der Waals surface area contributed by atoms with E-state index in [4.69, 9.17) is 35.3 Å². The molecular weight excluding hydrogens is 615 g/mol. The first-order valence-corrected chi connectivity index (χ1v) is 14.8. The van der Waals surface area contributed by atoms with E-state index in [-0.39, 0.29) is 35.8 Å². The monoisotopic (exact) mass is 652 g/mol. The van der Waals surface area contributed by atoms with E-state index in [1.54, 1.807) is 0 Å². The molecule has 1 N–H and O–H groups in total. The number of rotatable bonds is 10. The Balaban J connectivity index is 1.43. The zero-order chi connectivity index (χ0) is 26.6. The van der Waals surface area contributed by atoms with E-state index in [2.05, 4.69) is 29.2 Å². The van der Waals surface area contributed by atoms with Crippen molar-refractivity contribution in [2.75, 3.05) is 7.11 Å². The van der Waals surface area contributed by atoms with Crippen molar-refractivity contribution in [3.8, 4) is 0 Å². The molecule has 1 aliphatic carbocycles. The number of carbonyl (C=O) groups is 2. The van der Waals surface area contributed by atoms with Gasteiger partial charge in [-0.25, -0.2) is 0 Å². The summed E-state index contributed by atoms with van der Waals surface area (Å²) in [5.41, 5.74) is 0. The number of halogens is 2. The number of hydrogen-bond donors (Lipinski definition) is 1. The molecule has 4 rings (SSSR count).